The van der Waals surface area contributed by atoms with Crippen molar-refractivity contribution in [2.24, 2.45) is 5.92 Å². The van der Waals surface area contributed by atoms with E-state index < -0.39 is 0 Å². The summed E-state index contributed by atoms with van der Waals surface area (Å²) in [7, 11) is 0. The molecule has 0 aliphatic heterocycles. The number of rotatable bonds is 3. The summed E-state index contributed by atoms with van der Waals surface area (Å²) in [4.78, 5) is 0. The number of hydrogen-bond donors (Lipinski definition) is 1. The number of hydrogen-bond acceptors (Lipinski definition) is 2. The first kappa shape index (κ1) is 13.8. The molecule has 1 heterocycles. The van der Waals surface area contributed by atoms with Crippen LogP contribution in [0.3, 0.4) is 0 Å². The SMILES string of the molecule is CC(C)Cn1c(-c2cc(Br)ccc2Cl)n[nH]c1=S. The van der Waals surface area contributed by atoms with Crippen LogP contribution in [-0.2, 0) is 6.54 Å². The number of H-pyrrole nitrogens is 1. The third-order valence-electron chi connectivity index (χ3n) is 2.48. The highest BCUT2D eigenvalue weighted by molar-refractivity contribution is 9.10. The Labute approximate surface area is 124 Å². The van der Waals surface area contributed by atoms with Gasteiger partial charge in [-0.15, -0.1) is 0 Å². The van der Waals surface area contributed by atoms with Crippen molar-refractivity contribution in [3.63, 3.8) is 0 Å². The second-order valence-electron chi connectivity index (χ2n) is 4.48. The fraction of sp³-hybridized carbons (Fsp3) is 0.333. The molecule has 0 amide bonds. The number of benzene rings is 1. The van der Waals surface area contributed by atoms with Crippen molar-refractivity contribution in [3.05, 3.63) is 32.5 Å². The molecule has 18 heavy (non-hydrogen) atoms. The molecule has 0 aliphatic carbocycles. The standard InChI is InChI=1S/C12H13BrClN3S/c1-7(2)6-17-11(15-16-12(17)18)9-5-8(13)3-4-10(9)14/h3-5,7H,6H2,1-2H3,(H,16,18). The molecule has 0 saturated heterocycles. The molecule has 0 fully saturated rings. The van der Waals surface area contributed by atoms with E-state index in [4.69, 9.17) is 23.8 Å². The average molecular weight is 347 g/mol. The van der Waals surface area contributed by atoms with Gasteiger partial charge in [0.2, 0.25) is 0 Å². The molecule has 0 radical (unpaired) electrons. The van der Waals surface area contributed by atoms with Crippen LogP contribution in [0.15, 0.2) is 22.7 Å². The first-order valence-electron chi connectivity index (χ1n) is 5.59. The van der Waals surface area contributed by atoms with Crippen molar-refractivity contribution in [1.82, 2.24) is 14.8 Å². The zero-order valence-electron chi connectivity index (χ0n) is 10.1. The molecule has 0 saturated carbocycles. The summed E-state index contributed by atoms with van der Waals surface area (Å²) in [5.41, 5.74) is 0.874. The molecular formula is C12H13BrClN3S. The second kappa shape index (κ2) is 5.55. The zero-order valence-corrected chi connectivity index (χ0v) is 13.2. The van der Waals surface area contributed by atoms with Crippen molar-refractivity contribution >= 4 is 39.7 Å². The van der Waals surface area contributed by atoms with Gasteiger partial charge in [-0.05, 0) is 36.3 Å². The van der Waals surface area contributed by atoms with Crippen LogP contribution in [0.5, 0.6) is 0 Å². The van der Waals surface area contributed by atoms with Crippen LogP contribution < -0.4 is 0 Å². The van der Waals surface area contributed by atoms with Gasteiger partial charge in [-0.1, -0.05) is 41.4 Å². The van der Waals surface area contributed by atoms with E-state index in [-0.39, 0.29) is 0 Å². The van der Waals surface area contributed by atoms with Crippen LogP contribution in [0.4, 0.5) is 0 Å². The summed E-state index contributed by atoms with van der Waals surface area (Å²) in [5, 5.41) is 7.78. The Kier molecular flexibility index (Phi) is 4.25. The van der Waals surface area contributed by atoms with Crippen molar-refractivity contribution < 1.29 is 0 Å². The van der Waals surface area contributed by atoms with Gasteiger partial charge in [0.1, 0.15) is 0 Å². The summed E-state index contributed by atoms with van der Waals surface area (Å²) in [6, 6.07) is 5.70. The zero-order chi connectivity index (χ0) is 13.3. The molecule has 1 aromatic carbocycles. The van der Waals surface area contributed by atoms with Gasteiger partial charge in [-0.3, -0.25) is 9.67 Å². The predicted octanol–water partition coefficient (Wildman–Crippen LogP) is 4.68. The summed E-state index contributed by atoms with van der Waals surface area (Å²) in [5.74, 6) is 1.26. The van der Waals surface area contributed by atoms with E-state index >= 15 is 0 Å². The van der Waals surface area contributed by atoms with Gasteiger partial charge in [0.05, 0.1) is 5.02 Å². The minimum absolute atomic E-state index is 0.485. The van der Waals surface area contributed by atoms with E-state index in [9.17, 15) is 0 Å². The van der Waals surface area contributed by atoms with Gasteiger partial charge in [0.15, 0.2) is 10.6 Å². The van der Waals surface area contributed by atoms with Crippen molar-refractivity contribution in [2.45, 2.75) is 20.4 Å². The summed E-state index contributed by atoms with van der Waals surface area (Å²) >= 11 is 14.9. The van der Waals surface area contributed by atoms with Crippen LogP contribution in [0.2, 0.25) is 5.02 Å². The maximum Gasteiger partial charge on any atom is 0.195 e. The Bertz CT molecular complexity index is 618. The number of nitrogens with one attached hydrogen (secondary N) is 1. The maximum absolute atomic E-state index is 6.23. The fourth-order valence-electron chi connectivity index (χ4n) is 1.73. The van der Waals surface area contributed by atoms with Gasteiger partial charge in [-0.2, -0.15) is 5.10 Å². The van der Waals surface area contributed by atoms with E-state index in [1.54, 1.807) is 0 Å². The highest BCUT2D eigenvalue weighted by Gasteiger charge is 2.13. The Balaban J connectivity index is 2.57. The van der Waals surface area contributed by atoms with Crippen molar-refractivity contribution in [3.8, 4) is 11.4 Å². The van der Waals surface area contributed by atoms with Crippen LogP contribution in [0.1, 0.15) is 13.8 Å². The van der Waals surface area contributed by atoms with Gasteiger partial charge in [-0.25, -0.2) is 0 Å². The third-order valence-corrected chi connectivity index (χ3v) is 3.61. The number of halogens is 2. The highest BCUT2D eigenvalue weighted by atomic mass is 79.9. The topological polar surface area (TPSA) is 33.6 Å². The molecule has 3 nitrogen and oxygen atoms in total. The number of aromatic amines is 1. The lowest BCUT2D eigenvalue weighted by molar-refractivity contribution is 0.521. The molecule has 0 aliphatic rings. The summed E-state index contributed by atoms with van der Waals surface area (Å²) < 4.78 is 3.56. The lowest BCUT2D eigenvalue weighted by Crippen LogP contribution is -2.06. The average Bonchev–Trinajstić information content (AvgIpc) is 2.64. The Morgan fingerprint density at radius 3 is 2.89 bits per heavy atom. The normalized spacial score (nSPS) is 11.2. The first-order valence-corrected chi connectivity index (χ1v) is 7.17. The Hall–Kier alpha value is -0.650. The molecule has 0 unspecified atom stereocenters. The smallest absolute Gasteiger partial charge is 0.195 e. The molecule has 6 heteroatoms. The molecule has 2 rings (SSSR count). The van der Waals surface area contributed by atoms with Crippen LogP contribution in [0, 0.1) is 10.7 Å². The van der Waals surface area contributed by atoms with Crippen LogP contribution in [0.25, 0.3) is 11.4 Å². The number of nitrogens with zero attached hydrogens (tertiary/aromatic N) is 2. The Morgan fingerprint density at radius 2 is 2.22 bits per heavy atom. The molecule has 0 spiro atoms. The van der Waals surface area contributed by atoms with E-state index in [0.717, 1.165) is 22.4 Å². The molecular weight excluding hydrogens is 334 g/mol. The lowest BCUT2D eigenvalue weighted by atomic mass is 10.2. The first-order chi connectivity index (χ1) is 8.49. The Morgan fingerprint density at radius 1 is 1.50 bits per heavy atom. The molecule has 2 aromatic rings. The molecule has 0 atom stereocenters. The molecule has 1 N–H and O–H groups in total. The van der Waals surface area contributed by atoms with Gasteiger partial charge in [0, 0.05) is 16.6 Å². The third kappa shape index (κ3) is 2.84. The molecule has 0 bridgehead atoms. The second-order valence-corrected chi connectivity index (χ2v) is 6.19. The van der Waals surface area contributed by atoms with Crippen LogP contribution >= 0.6 is 39.7 Å². The lowest BCUT2D eigenvalue weighted by Gasteiger charge is -2.10. The summed E-state index contributed by atoms with van der Waals surface area (Å²) in [6.45, 7) is 5.09. The van der Waals surface area contributed by atoms with Gasteiger partial charge < -0.3 is 0 Å². The van der Waals surface area contributed by atoms with E-state index in [0.29, 0.717) is 15.7 Å². The highest BCUT2D eigenvalue weighted by Crippen LogP contribution is 2.29. The molecule has 1 aromatic heterocycles. The monoisotopic (exact) mass is 345 g/mol. The predicted molar refractivity (Wildman–Crippen MR) is 80.4 cm³/mol. The van der Waals surface area contributed by atoms with Gasteiger partial charge in [0.25, 0.3) is 0 Å². The van der Waals surface area contributed by atoms with Crippen LogP contribution in [-0.4, -0.2) is 14.8 Å². The minimum atomic E-state index is 0.485. The molecule has 96 valence electrons. The quantitative estimate of drug-likeness (QED) is 0.819. The van der Waals surface area contributed by atoms with E-state index in [1.165, 1.54) is 0 Å². The minimum Gasteiger partial charge on any atom is -0.300 e. The van der Waals surface area contributed by atoms with E-state index in [2.05, 4.69) is 40.0 Å². The fourth-order valence-corrected chi connectivity index (χ4v) is 2.50. The maximum atomic E-state index is 6.23. The van der Waals surface area contributed by atoms with E-state index in [1.807, 2.05) is 22.8 Å². The number of aromatic nitrogens is 3. The van der Waals surface area contributed by atoms with Crippen molar-refractivity contribution in [2.75, 3.05) is 0 Å². The van der Waals surface area contributed by atoms with Gasteiger partial charge >= 0.3 is 0 Å². The largest absolute Gasteiger partial charge is 0.300 e. The van der Waals surface area contributed by atoms with Crippen molar-refractivity contribution in [1.29, 1.82) is 0 Å². The summed E-state index contributed by atoms with van der Waals surface area (Å²) in [6.07, 6.45) is 0.